The van der Waals surface area contributed by atoms with Crippen LogP contribution < -0.4 is 10.8 Å². The zero-order valence-corrected chi connectivity index (χ0v) is 13.4. The standard InChI is InChI=1S/C15H21BN2O3/c1-9-7-8-10-12(19-18-13(10)17-6)11(9)16-20-14(2,3)15(4,5)21-16/h7-8H,1-6H3,(H,17,18). The molecular weight excluding hydrogens is 267 g/mol. The third kappa shape index (κ3) is 2.05. The summed E-state index contributed by atoms with van der Waals surface area (Å²) in [4.78, 5) is 0. The fourth-order valence-corrected chi connectivity index (χ4v) is 2.56. The third-order valence-corrected chi connectivity index (χ3v) is 4.62. The molecule has 6 heteroatoms. The molecule has 0 aliphatic carbocycles. The van der Waals surface area contributed by atoms with Crippen molar-refractivity contribution in [2.24, 2.45) is 0 Å². The van der Waals surface area contributed by atoms with Crippen LogP contribution in [0.5, 0.6) is 0 Å². The van der Waals surface area contributed by atoms with E-state index >= 15 is 0 Å². The molecule has 0 amide bonds. The molecule has 1 aromatic carbocycles. The molecule has 0 radical (unpaired) electrons. The lowest BCUT2D eigenvalue weighted by atomic mass is 9.75. The van der Waals surface area contributed by atoms with E-state index in [-0.39, 0.29) is 11.2 Å². The molecule has 1 aromatic heterocycles. The molecule has 21 heavy (non-hydrogen) atoms. The van der Waals surface area contributed by atoms with Gasteiger partial charge in [0.25, 0.3) is 0 Å². The third-order valence-electron chi connectivity index (χ3n) is 4.62. The van der Waals surface area contributed by atoms with Gasteiger partial charge in [-0.2, -0.15) is 0 Å². The average Bonchev–Trinajstić information content (AvgIpc) is 2.87. The van der Waals surface area contributed by atoms with Gasteiger partial charge in [0.2, 0.25) is 0 Å². The summed E-state index contributed by atoms with van der Waals surface area (Å²) in [5.41, 5.74) is 1.95. The molecule has 0 spiro atoms. The Balaban J connectivity index is 2.13. The van der Waals surface area contributed by atoms with E-state index < -0.39 is 7.12 Å². The molecule has 1 aliphatic rings. The second kappa shape index (κ2) is 4.48. The van der Waals surface area contributed by atoms with E-state index in [1.807, 2.05) is 53.8 Å². The van der Waals surface area contributed by atoms with E-state index in [1.165, 1.54) is 0 Å². The first-order valence-electron chi connectivity index (χ1n) is 7.19. The van der Waals surface area contributed by atoms with E-state index in [2.05, 4.69) is 10.5 Å². The number of hydrogen-bond donors (Lipinski definition) is 1. The molecule has 1 aliphatic heterocycles. The molecule has 3 rings (SSSR count). The predicted molar refractivity (Wildman–Crippen MR) is 84.0 cm³/mol. The van der Waals surface area contributed by atoms with Crippen molar-refractivity contribution in [2.45, 2.75) is 45.8 Å². The molecule has 5 nitrogen and oxygen atoms in total. The SMILES string of the molecule is CNc1noc2c(B3OC(C)(C)C(C)(C)O3)c(C)ccc12. The monoisotopic (exact) mass is 288 g/mol. The number of anilines is 1. The van der Waals surface area contributed by atoms with Crippen molar-refractivity contribution in [2.75, 3.05) is 12.4 Å². The number of hydrogen-bond acceptors (Lipinski definition) is 5. The summed E-state index contributed by atoms with van der Waals surface area (Å²) in [6, 6.07) is 4.04. The second-order valence-corrected chi connectivity index (χ2v) is 6.54. The van der Waals surface area contributed by atoms with Gasteiger partial charge in [0, 0.05) is 12.5 Å². The van der Waals surface area contributed by atoms with E-state index in [4.69, 9.17) is 13.8 Å². The Kier molecular flexibility index (Phi) is 3.08. The lowest BCUT2D eigenvalue weighted by Crippen LogP contribution is -2.41. The fraction of sp³-hybridized carbons (Fsp3) is 0.533. The van der Waals surface area contributed by atoms with Gasteiger partial charge >= 0.3 is 7.12 Å². The highest BCUT2D eigenvalue weighted by Gasteiger charge is 2.53. The topological polar surface area (TPSA) is 56.5 Å². The van der Waals surface area contributed by atoms with Gasteiger partial charge < -0.3 is 19.1 Å². The van der Waals surface area contributed by atoms with Gasteiger partial charge in [0.05, 0.1) is 16.6 Å². The van der Waals surface area contributed by atoms with Gasteiger partial charge in [0.1, 0.15) is 0 Å². The van der Waals surface area contributed by atoms with Crippen molar-refractivity contribution in [1.82, 2.24) is 5.16 Å². The molecule has 0 atom stereocenters. The van der Waals surface area contributed by atoms with Crippen LogP contribution in [0.1, 0.15) is 33.3 Å². The smallest absolute Gasteiger partial charge is 0.399 e. The van der Waals surface area contributed by atoms with Gasteiger partial charge in [-0.3, -0.25) is 0 Å². The van der Waals surface area contributed by atoms with E-state index in [0.29, 0.717) is 0 Å². The van der Waals surface area contributed by atoms with Crippen LogP contribution in [0.2, 0.25) is 0 Å². The zero-order valence-electron chi connectivity index (χ0n) is 13.4. The number of aromatic nitrogens is 1. The number of nitrogens with one attached hydrogen (secondary N) is 1. The molecule has 0 bridgehead atoms. The summed E-state index contributed by atoms with van der Waals surface area (Å²) in [6.07, 6.45) is 0. The minimum Gasteiger partial charge on any atom is -0.399 e. The predicted octanol–water partition coefficient (Wildman–Crippen LogP) is 2.48. The lowest BCUT2D eigenvalue weighted by Gasteiger charge is -2.32. The Morgan fingerprint density at radius 1 is 1.10 bits per heavy atom. The molecule has 2 aromatic rings. The van der Waals surface area contributed by atoms with Gasteiger partial charge in [0.15, 0.2) is 11.4 Å². The second-order valence-electron chi connectivity index (χ2n) is 6.54. The first kappa shape index (κ1) is 14.4. The minimum atomic E-state index is -0.448. The summed E-state index contributed by atoms with van der Waals surface area (Å²) in [5, 5.41) is 8.03. The van der Waals surface area contributed by atoms with Gasteiger partial charge in [-0.25, -0.2) is 0 Å². The lowest BCUT2D eigenvalue weighted by molar-refractivity contribution is 0.00578. The van der Waals surface area contributed by atoms with Crippen molar-refractivity contribution >= 4 is 29.4 Å². The maximum atomic E-state index is 6.15. The van der Waals surface area contributed by atoms with Crippen molar-refractivity contribution in [3.8, 4) is 0 Å². The largest absolute Gasteiger partial charge is 0.499 e. The Hall–Kier alpha value is -1.53. The summed E-state index contributed by atoms with van der Waals surface area (Å²) >= 11 is 0. The van der Waals surface area contributed by atoms with Gasteiger partial charge in [-0.1, -0.05) is 11.2 Å². The number of benzene rings is 1. The number of nitrogens with zero attached hydrogens (tertiary/aromatic N) is 1. The fourth-order valence-electron chi connectivity index (χ4n) is 2.56. The maximum absolute atomic E-state index is 6.15. The highest BCUT2D eigenvalue weighted by atomic mass is 16.7. The van der Waals surface area contributed by atoms with Crippen LogP contribution in [0, 0.1) is 6.92 Å². The normalized spacial score (nSPS) is 20.2. The highest BCUT2D eigenvalue weighted by Crippen LogP contribution is 2.37. The van der Waals surface area contributed by atoms with Gasteiger partial charge in [-0.05, 0) is 46.2 Å². The van der Waals surface area contributed by atoms with Crippen LogP contribution in [0.15, 0.2) is 16.7 Å². The van der Waals surface area contributed by atoms with E-state index in [9.17, 15) is 0 Å². The number of rotatable bonds is 2. The molecule has 1 fully saturated rings. The Bertz CT molecular complexity index is 678. The van der Waals surface area contributed by atoms with Crippen LogP contribution in [-0.2, 0) is 9.31 Å². The van der Waals surface area contributed by atoms with Crippen LogP contribution in [0.3, 0.4) is 0 Å². The van der Waals surface area contributed by atoms with Crippen molar-refractivity contribution in [1.29, 1.82) is 0 Å². The number of aryl methyl sites for hydroxylation is 1. The van der Waals surface area contributed by atoms with Crippen LogP contribution in [0.4, 0.5) is 5.82 Å². The Labute approximate surface area is 125 Å². The van der Waals surface area contributed by atoms with Crippen molar-refractivity contribution in [3.05, 3.63) is 17.7 Å². The summed E-state index contributed by atoms with van der Waals surface area (Å²) in [6.45, 7) is 10.2. The Morgan fingerprint density at radius 2 is 1.71 bits per heavy atom. The first-order chi connectivity index (χ1) is 9.77. The van der Waals surface area contributed by atoms with Crippen molar-refractivity contribution in [3.63, 3.8) is 0 Å². The molecular formula is C15H21BN2O3. The number of fused-ring (bicyclic) bond motifs is 1. The van der Waals surface area contributed by atoms with Crippen LogP contribution >= 0.6 is 0 Å². The first-order valence-corrected chi connectivity index (χ1v) is 7.19. The Morgan fingerprint density at radius 3 is 2.29 bits per heavy atom. The summed E-state index contributed by atoms with van der Waals surface area (Å²) < 4.78 is 17.8. The quantitative estimate of drug-likeness (QED) is 0.860. The molecule has 1 N–H and O–H groups in total. The summed E-state index contributed by atoms with van der Waals surface area (Å²) in [5.74, 6) is 0.725. The van der Waals surface area contributed by atoms with Crippen LogP contribution in [-0.4, -0.2) is 30.5 Å². The molecule has 1 saturated heterocycles. The minimum absolute atomic E-state index is 0.377. The van der Waals surface area contributed by atoms with E-state index in [0.717, 1.165) is 27.8 Å². The molecule has 0 unspecified atom stereocenters. The van der Waals surface area contributed by atoms with Crippen molar-refractivity contribution < 1.29 is 13.8 Å². The molecule has 2 heterocycles. The molecule has 112 valence electrons. The highest BCUT2D eigenvalue weighted by molar-refractivity contribution is 6.65. The van der Waals surface area contributed by atoms with Crippen LogP contribution in [0.25, 0.3) is 11.0 Å². The molecule has 0 saturated carbocycles. The maximum Gasteiger partial charge on any atom is 0.499 e. The average molecular weight is 288 g/mol. The zero-order chi connectivity index (χ0) is 15.4. The van der Waals surface area contributed by atoms with Gasteiger partial charge in [-0.15, -0.1) is 0 Å². The summed E-state index contributed by atoms with van der Waals surface area (Å²) in [7, 11) is 1.38. The van der Waals surface area contributed by atoms with E-state index in [1.54, 1.807) is 0 Å².